The number of hydrogen-bond acceptors (Lipinski definition) is 1. The molecule has 0 atom stereocenters. The van der Waals surface area contributed by atoms with Crippen LogP contribution in [0.2, 0.25) is 0 Å². The lowest BCUT2D eigenvalue weighted by Crippen LogP contribution is -2.14. The van der Waals surface area contributed by atoms with Gasteiger partial charge in [0.15, 0.2) is 0 Å². The van der Waals surface area contributed by atoms with Crippen LogP contribution in [0.4, 0.5) is 17.1 Å². The highest BCUT2D eigenvalue weighted by atomic mass is 15.1. The lowest BCUT2D eigenvalue weighted by Gasteiger charge is -2.31. The van der Waals surface area contributed by atoms with Gasteiger partial charge in [-0.2, -0.15) is 0 Å². The fourth-order valence-electron chi connectivity index (χ4n) is 3.81. The average molecular weight is 350 g/mol. The molecule has 4 rings (SSSR count). The van der Waals surface area contributed by atoms with E-state index in [4.69, 9.17) is 0 Å². The summed E-state index contributed by atoms with van der Waals surface area (Å²) in [5.74, 6) is 0. The Balaban J connectivity index is 2.09. The molecular weight excluding hydrogens is 326 g/mol. The van der Waals surface area contributed by atoms with Crippen molar-refractivity contribution in [3.8, 4) is 0 Å². The summed E-state index contributed by atoms with van der Waals surface area (Å²) >= 11 is 0. The smallest absolute Gasteiger partial charge is 0.0540 e. The fourth-order valence-corrected chi connectivity index (χ4v) is 3.81. The fraction of sp³-hybridized carbons (Fsp3) is 0.154. The van der Waals surface area contributed by atoms with Crippen molar-refractivity contribution in [2.45, 2.75) is 27.7 Å². The third kappa shape index (κ3) is 3.00. The van der Waals surface area contributed by atoms with Gasteiger partial charge in [-0.05, 0) is 79.6 Å². The van der Waals surface area contributed by atoms with Crippen molar-refractivity contribution < 1.29 is 0 Å². The van der Waals surface area contributed by atoms with Gasteiger partial charge < -0.3 is 4.90 Å². The molecule has 0 spiro atoms. The highest BCUT2D eigenvalue weighted by molar-refractivity contribution is 5.99. The molecule has 1 nitrogen and oxygen atoms in total. The van der Waals surface area contributed by atoms with Crippen LogP contribution in [0.15, 0.2) is 72.8 Å². The van der Waals surface area contributed by atoms with E-state index in [1.165, 1.54) is 50.1 Å². The molecule has 0 saturated carbocycles. The maximum Gasteiger partial charge on any atom is 0.0540 e. The zero-order chi connectivity index (χ0) is 19.0. The lowest BCUT2D eigenvalue weighted by atomic mass is 9.96. The molecule has 0 bridgehead atoms. The summed E-state index contributed by atoms with van der Waals surface area (Å²) in [6.45, 7) is 8.71. The largest absolute Gasteiger partial charge is 0.309 e. The van der Waals surface area contributed by atoms with Gasteiger partial charge in [0.1, 0.15) is 0 Å². The van der Waals surface area contributed by atoms with E-state index in [0.29, 0.717) is 0 Å². The number of fused-ring (bicyclic) bond motifs is 1. The summed E-state index contributed by atoms with van der Waals surface area (Å²) in [6, 6.07) is 29.3. The Kier molecular flexibility index (Phi) is 4.45. The van der Waals surface area contributed by atoms with Crippen LogP contribution >= 0.6 is 0 Å². The Morgan fingerprint density at radius 2 is 1.22 bits per heavy atom. The third-order valence-corrected chi connectivity index (χ3v) is 5.46. The first-order valence-electron chi connectivity index (χ1n) is 9.40. The molecule has 0 unspecified atom stereocenters. The summed E-state index contributed by atoms with van der Waals surface area (Å²) in [6.07, 6.45) is 0. The predicted octanol–water partition coefficient (Wildman–Crippen LogP) is 7.34. The second kappa shape index (κ2) is 6.92. The summed E-state index contributed by atoms with van der Waals surface area (Å²) < 4.78 is 0. The molecule has 27 heavy (non-hydrogen) atoms. The van der Waals surface area contributed by atoms with Crippen LogP contribution in [-0.2, 0) is 0 Å². The second-order valence-corrected chi connectivity index (χ2v) is 7.14. The molecule has 4 aromatic rings. The van der Waals surface area contributed by atoms with E-state index >= 15 is 0 Å². The van der Waals surface area contributed by atoms with Gasteiger partial charge >= 0.3 is 0 Å². The van der Waals surface area contributed by atoms with Crippen LogP contribution < -0.4 is 4.90 Å². The van der Waals surface area contributed by atoms with Gasteiger partial charge in [0, 0.05) is 11.1 Å². The van der Waals surface area contributed by atoms with Crippen LogP contribution in [0.3, 0.4) is 0 Å². The number of nitrogens with zero attached hydrogens (tertiary/aromatic N) is 1. The number of rotatable bonds is 3. The zero-order valence-electron chi connectivity index (χ0n) is 16.4. The van der Waals surface area contributed by atoms with Crippen LogP contribution in [0.25, 0.3) is 10.8 Å². The summed E-state index contributed by atoms with van der Waals surface area (Å²) in [4.78, 5) is 2.40. The molecule has 0 fully saturated rings. The molecule has 0 aliphatic rings. The van der Waals surface area contributed by atoms with Crippen molar-refractivity contribution in [2.24, 2.45) is 0 Å². The van der Waals surface area contributed by atoms with E-state index in [-0.39, 0.29) is 0 Å². The Bertz CT molecular complexity index is 1080. The van der Waals surface area contributed by atoms with Crippen molar-refractivity contribution >= 4 is 27.8 Å². The van der Waals surface area contributed by atoms with E-state index < -0.39 is 0 Å². The van der Waals surface area contributed by atoms with Crippen molar-refractivity contribution in [1.82, 2.24) is 0 Å². The van der Waals surface area contributed by atoms with Crippen molar-refractivity contribution in [2.75, 3.05) is 4.90 Å². The van der Waals surface area contributed by atoms with Gasteiger partial charge in [0.05, 0.1) is 11.4 Å². The number of benzene rings is 4. The van der Waals surface area contributed by atoms with Crippen LogP contribution in [-0.4, -0.2) is 0 Å². The van der Waals surface area contributed by atoms with Gasteiger partial charge in [-0.3, -0.25) is 0 Å². The zero-order valence-corrected chi connectivity index (χ0v) is 16.4. The second-order valence-electron chi connectivity index (χ2n) is 7.14. The molecule has 0 aliphatic heterocycles. The molecule has 0 N–H and O–H groups in total. The minimum Gasteiger partial charge on any atom is -0.309 e. The van der Waals surface area contributed by atoms with E-state index in [2.05, 4.69) is 111 Å². The summed E-state index contributed by atoms with van der Waals surface area (Å²) in [5, 5.41) is 2.51. The quantitative estimate of drug-likeness (QED) is 0.373. The molecule has 0 saturated heterocycles. The highest BCUT2D eigenvalue weighted by Crippen LogP contribution is 2.42. The maximum atomic E-state index is 3.52. The molecule has 0 heterocycles. The minimum atomic E-state index is 1.17. The Hall–Kier alpha value is -3.06. The molecule has 0 aliphatic carbocycles. The van der Waals surface area contributed by atoms with Gasteiger partial charge in [-0.25, -0.2) is 0 Å². The number of aryl methyl sites for hydroxylation is 2. The average Bonchev–Trinajstić information content (AvgIpc) is 2.70. The van der Waals surface area contributed by atoms with Gasteiger partial charge in [0.2, 0.25) is 0 Å². The topological polar surface area (TPSA) is 3.24 Å². The van der Waals surface area contributed by atoms with E-state index in [9.17, 15) is 0 Å². The first-order valence-corrected chi connectivity index (χ1v) is 9.40. The standard InChI is InChI=1S/C26H24N/c1-18-17-19(2)21(4)26(20(18)3)27(23-13-6-5-7-14-23)25-16-10-12-22-11-8-9-15-24(22)25/h5-16H,1-4H3. The van der Waals surface area contributed by atoms with Crippen LogP contribution in [0.1, 0.15) is 22.3 Å². The highest BCUT2D eigenvalue weighted by Gasteiger charge is 2.20. The lowest BCUT2D eigenvalue weighted by molar-refractivity contribution is 1.17. The Morgan fingerprint density at radius 3 is 1.93 bits per heavy atom. The van der Waals surface area contributed by atoms with E-state index in [1.54, 1.807) is 0 Å². The molecule has 1 heteroatoms. The first-order chi connectivity index (χ1) is 13.1. The van der Waals surface area contributed by atoms with E-state index in [0.717, 1.165) is 0 Å². The van der Waals surface area contributed by atoms with Crippen molar-refractivity contribution in [1.29, 1.82) is 0 Å². The minimum absolute atomic E-state index is 1.17. The molecule has 0 amide bonds. The predicted molar refractivity (Wildman–Crippen MR) is 116 cm³/mol. The Morgan fingerprint density at radius 1 is 0.630 bits per heavy atom. The van der Waals surface area contributed by atoms with Gasteiger partial charge in [0.25, 0.3) is 0 Å². The van der Waals surface area contributed by atoms with Crippen molar-refractivity contribution in [3.63, 3.8) is 0 Å². The van der Waals surface area contributed by atoms with Gasteiger partial charge in [-0.1, -0.05) is 54.6 Å². The molecule has 1 radical (unpaired) electrons. The Labute approximate surface area is 161 Å². The number of anilines is 3. The van der Waals surface area contributed by atoms with Gasteiger partial charge in [-0.15, -0.1) is 0 Å². The summed E-state index contributed by atoms with van der Waals surface area (Å²) in [7, 11) is 0. The first kappa shape index (κ1) is 17.4. The number of hydrogen-bond donors (Lipinski definition) is 0. The number of para-hydroxylation sites is 1. The molecular formula is C26H24N. The van der Waals surface area contributed by atoms with Crippen LogP contribution in [0, 0.1) is 33.8 Å². The third-order valence-electron chi connectivity index (χ3n) is 5.46. The van der Waals surface area contributed by atoms with Crippen molar-refractivity contribution in [3.05, 3.63) is 101 Å². The van der Waals surface area contributed by atoms with E-state index in [1.807, 2.05) is 0 Å². The molecule has 133 valence electrons. The SMILES string of the molecule is Cc1[c]c(C)c(C)c(N(c2ccccc2)c2cccc3ccccc23)c1C. The monoisotopic (exact) mass is 350 g/mol. The summed E-state index contributed by atoms with van der Waals surface area (Å²) in [5.41, 5.74) is 8.58. The molecule has 4 aromatic carbocycles. The molecule has 0 aromatic heterocycles. The maximum absolute atomic E-state index is 3.52. The van der Waals surface area contributed by atoms with Crippen LogP contribution in [0.5, 0.6) is 0 Å². The normalized spacial score (nSPS) is 11.0.